The molecule has 0 radical (unpaired) electrons. The highest BCUT2D eigenvalue weighted by molar-refractivity contribution is 6.33. The van der Waals surface area contributed by atoms with Crippen molar-refractivity contribution in [3.63, 3.8) is 0 Å². The van der Waals surface area contributed by atoms with Crippen LogP contribution < -0.4 is 5.73 Å². The van der Waals surface area contributed by atoms with Crippen LogP contribution in [0.15, 0.2) is 29.8 Å². The molecule has 2 N–H and O–H groups in total. The van der Waals surface area contributed by atoms with Crippen molar-refractivity contribution in [1.82, 2.24) is 4.90 Å². The number of hydrogen-bond acceptors (Lipinski definition) is 2. The van der Waals surface area contributed by atoms with Crippen LogP contribution in [0.25, 0.3) is 0 Å². The molecule has 108 valence electrons. The smallest absolute Gasteiger partial charge is 0.398 e. The molecule has 0 aromatic heterocycles. The van der Waals surface area contributed by atoms with Gasteiger partial charge in [-0.25, -0.2) is 0 Å². The third kappa shape index (κ3) is 3.07. The Labute approximate surface area is 118 Å². The molecule has 0 saturated heterocycles. The second kappa shape index (κ2) is 5.36. The molecule has 1 amide bonds. The Kier molecular flexibility index (Phi) is 3.94. The lowest BCUT2D eigenvalue weighted by molar-refractivity contribution is -0.0957. The highest BCUT2D eigenvalue weighted by Gasteiger charge is 2.35. The van der Waals surface area contributed by atoms with E-state index in [9.17, 15) is 18.0 Å². The van der Waals surface area contributed by atoms with Gasteiger partial charge in [-0.1, -0.05) is 17.7 Å². The van der Waals surface area contributed by atoms with Crippen molar-refractivity contribution in [3.8, 4) is 0 Å². The van der Waals surface area contributed by atoms with Crippen LogP contribution in [0.1, 0.15) is 16.8 Å². The summed E-state index contributed by atoms with van der Waals surface area (Å²) in [7, 11) is 0. The number of alkyl halides is 3. The molecule has 0 fully saturated rings. The van der Waals surface area contributed by atoms with E-state index in [1.54, 1.807) is 0 Å². The molecule has 1 aromatic rings. The van der Waals surface area contributed by atoms with Gasteiger partial charge in [-0.2, -0.15) is 13.2 Å². The molecule has 0 aliphatic carbocycles. The molecule has 0 spiro atoms. The van der Waals surface area contributed by atoms with Crippen molar-refractivity contribution in [2.75, 3.05) is 18.8 Å². The average Bonchev–Trinajstić information content (AvgIpc) is 2.40. The number of amides is 1. The van der Waals surface area contributed by atoms with Crippen LogP contribution in [0.3, 0.4) is 0 Å². The van der Waals surface area contributed by atoms with Crippen LogP contribution in [0.5, 0.6) is 0 Å². The second-order valence-corrected chi connectivity index (χ2v) is 4.87. The summed E-state index contributed by atoms with van der Waals surface area (Å²) in [6.45, 7) is -0.0259. The summed E-state index contributed by atoms with van der Waals surface area (Å²) in [5.74, 6) is -0.357. The average molecular weight is 305 g/mol. The van der Waals surface area contributed by atoms with Gasteiger partial charge in [-0.05, 0) is 24.6 Å². The van der Waals surface area contributed by atoms with Crippen molar-refractivity contribution in [2.24, 2.45) is 0 Å². The minimum atomic E-state index is -4.32. The van der Waals surface area contributed by atoms with Crippen LogP contribution in [0.4, 0.5) is 18.9 Å². The number of benzene rings is 1. The number of nitrogen functional groups attached to an aromatic ring is 1. The summed E-state index contributed by atoms with van der Waals surface area (Å²) in [5, 5.41) is 0.249. The summed E-state index contributed by atoms with van der Waals surface area (Å²) in [5.41, 5.74) is 5.62. The third-order valence-electron chi connectivity index (χ3n) is 3.11. The first-order valence-corrected chi connectivity index (χ1v) is 6.27. The number of nitrogens with two attached hydrogens (primary N) is 1. The summed E-state index contributed by atoms with van der Waals surface area (Å²) in [4.78, 5) is 13.5. The quantitative estimate of drug-likeness (QED) is 0.639. The van der Waals surface area contributed by atoms with E-state index in [0.29, 0.717) is 11.3 Å². The topological polar surface area (TPSA) is 46.3 Å². The van der Waals surface area contributed by atoms with Gasteiger partial charge in [0.25, 0.3) is 5.91 Å². The van der Waals surface area contributed by atoms with Gasteiger partial charge >= 0.3 is 6.18 Å². The molecule has 1 aromatic carbocycles. The lowest BCUT2D eigenvalue weighted by atomic mass is 10.1. The van der Waals surface area contributed by atoms with Crippen molar-refractivity contribution >= 4 is 23.2 Å². The van der Waals surface area contributed by atoms with Crippen LogP contribution in [-0.4, -0.2) is 30.1 Å². The van der Waals surface area contributed by atoms with Crippen molar-refractivity contribution in [2.45, 2.75) is 12.6 Å². The molecule has 0 unspecified atom stereocenters. The van der Waals surface area contributed by atoms with Gasteiger partial charge in [0.15, 0.2) is 0 Å². The predicted octanol–water partition coefficient (Wildman–Crippen LogP) is 3.26. The zero-order valence-corrected chi connectivity index (χ0v) is 11.1. The second-order valence-electron chi connectivity index (χ2n) is 4.46. The zero-order chi connectivity index (χ0) is 14.9. The number of nitrogens with zero attached hydrogens (tertiary/aromatic N) is 1. The number of rotatable bonds is 1. The summed E-state index contributed by atoms with van der Waals surface area (Å²) >= 11 is 5.82. The number of carbonyl (C=O) groups excluding carboxylic acids is 1. The van der Waals surface area contributed by atoms with E-state index in [-0.39, 0.29) is 30.4 Å². The van der Waals surface area contributed by atoms with Gasteiger partial charge in [0, 0.05) is 24.2 Å². The molecular weight excluding hydrogens is 293 g/mol. The number of anilines is 1. The first-order chi connectivity index (χ1) is 9.29. The Hall–Kier alpha value is -1.69. The van der Waals surface area contributed by atoms with E-state index in [1.807, 2.05) is 0 Å². The van der Waals surface area contributed by atoms with E-state index >= 15 is 0 Å². The predicted molar refractivity (Wildman–Crippen MR) is 70.5 cm³/mol. The molecule has 2 rings (SSSR count). The van der Waals surface area contributed by atoms with E-state index < -0.39 is 11.7 Å². The molecule has 0 bridgehead atoms. The molecule has 3 nitrogen and oxygen atoms in total. The summed E-state index contributed by atoms with van der Waals surface area (Å²) in [6, 6.07) is 4.42. The molecule has 0 saturated carbocycles. The Morgan fingerprint density at radius 1 is 1.35 bits per heavy atom. The minimum absolute atomic E-state index is 0.0339. The number of carbonyl (C=O) groups is 1. The Morgan fingerprint density at radius 2 is 2.05 bits per heavy atom. The zero-order valence-electron chi connectivity index (χ0n) is 10.4. The fourth-order valence-electron chi connectivity index (χ4n) is 1.95. The third-order valence-corrected chi connectivity index (χ3v) is 3.44. The van der Waals surface area contributed by atoms with Crippen LogP contribution in [-0.2, 0) is 0 Å². The SMILES string of the molecule is Nc1ccc(C(=O)N2CC=C(C(F)(F)F)CC2)cc1Cl. The molecular formula is C13H12ClF3N2O. The van der Waals surface area contributed by atoms with Gasteiger partial charge in [0.05, 0.1) is 10.7 Å². The van der Waals surface area contributed by atoms with Crippen molar-refractivity contribution < 1.29 is 18.0 Å². The van der Waals surface area contributed by atoms with E-state index in [0.717, 1.165) is 6.08 Å². The number of hydrogen-bond donors (Lipinski definition) is 1. The van der Waals surface area contributed by atoms with Gasteiger partial charge in [0.1, 0.15) is 0 Å². The van der Waals surface area contributed by atoms with Crippen molar-refractivity contribution in [1.29, 1.82) is 0 Å². The Balaban J connectivity index is 2.12. The Bertz CT molecular complexity index is 569. The standard InChI is InChI=1S/C13H12ClF3N2O/c14-10-7-8(1-2-11(10)18)12(20)19-5-3-9(4-6-19)13(15,16)17/h1-3,7H,4-6,18H2. The largest absolute Gasteiger partial charge is 0.412 e. The van der Waals surface area contributed by atoms with Crippen LogP contribution >= 0.6 is 11.6 Å². The maximum absolute atomic E-state index is 12.5. The monoisotopic (exact) mass is 304 g/mol. The molecule has 20 heavy (non-hydrogen) atoms. The molecule has 1 aliphatic rings. The minimum Gasteiger partial charge on any atom is -0.398 e. The van der Waals surface area contributed by atoms with Gasteiger partial charge < -0.3 is 10.6 Å². The van der Waals surface area contributed by atoms with E-state index in [2.05, 4.69) is 0 Å². The lowest BCUT2D eigenvalue weighted by Crippen LogP contribution is -2.36. The molecule has 0 atom stereocenters. The first kappa shape index (κ1) is 14.7. The molecule has 7 heteroatoms. The number of halogens is 4. The normalized spacial score (nSPS) is 16.0. The summed E-state index contributed by atoms with van der Waals surface area (Å²) < 4.78 is 37.5. The van der Waals surface area contributed by atoms with E-state index in [4.69, 9.17) is 17.3 Å². The van der Waals surface area contributed by atoms with Gasteiger partial charge in [-0.3, -0.25) is 4.79 Å². The maximum Gasteiger partial charge on any atom is 0.412 e. The highest BCUT2D eigenvalue weighted by Crippen LogP contribution is 2.30. The highest BCUT2D eigenvalue weighted by atomic mass is 35.5. The van der Waals surface area contributed by atoms with Gasteiger partial charge in [-0.15, -0.1) is 0 Å². The Morgan fingerprint density at radius 3 is 2.55 bits per heavy atom. The van der Waals surface area contributed by atoms with Crippen molar-refractivity contribution in [3.05, 3.63) is 40.4 Å². The first-order valence-electron chi connectivity index (χ1n) is 5.89. The van der Waals surface area contributed by atoms with Crippen LogP contribution in [0.2, 0.25) is 5.02 Å². The molecule has 1 heterocycles. The van der Waals surface area contributed by atoms with Gasteiger partial charge in [0.2, 0.25) is 0 Å². The molecule has 1 aliphatic heterocycles. The lowest BCUT2D eigenvalue weighted by Gasteiger charge is -2.27. The van der Waals surface area contributed by atoms with E-state index in [1.165, 1.54) is 23.1 Å². The maximum atomic E-state index is 12.5. The fraction of sp³-hybridized carbons (Fsp3) is 0.308. The van der Waals surface area contributed by atoms with Crippen LogP contribution in [0, 0.1) is 0 Å². The summed E-state index contributed by atoms with van der Waals surface area (Å²) in [6.07, 6.45) is -3.47. The fourth-order valence-corrected chi connectivity index (χ4v) is 2.13.